The molecule has 196 valence electrons. The molecule has 0 spiro atoms. The number of nitrogens with zero attached hydrogens (tertiary/aromatic N) is 3. The van der Waals surface area contributed by atoms with E-state index in [4.69, 9.17) is 30.5 Å². The van der Waals surface area contributed by atoms with E-state index < -0.39 is 0 Å². The molecule has 0 N–H and O–H groups in total. The Morgan fingerprint density at radius 3 is 2.72 bits per heavy atom. The second kappa shape index (κ2) is 11.4. The molecule has 0 amide bonds. The number of halogens is 1. The van der Waals surface area contributed by atoms with E-state index in [2.05, 4.69) is 18.3 Å². The molecule has 0 atom stereocenters. The highest BCUT2D eigenvalue weighted by atomic mass is 35.5. The molecule has 0 saturated heterocycles. The maximum absolute atomic E-state index is 13.6. The Labute approximate surface area is 230 Å². The lowest BCUT2D eigenvalue weighted by molar-refractivity contribution is 0.295. The molecule has 0 fully saturated rings. The predicted octanol–water partition coefficient (Wildman–Crippen LogP) is 7.04. The molecular weight excluding hydrogens is 514 g/mol. The zero-order valence-corrected chi connectivity index (χ0v) is 22.1. The van der Waals surface area contributed by atoms with Crippen molar-refractivity contribution >= 4 is 39.7 Å². The molecule has 39 heavy (non-hydrogen) atoms. The first-order valence-corrected chi connectivity index (χ1v) is 12.8. The Morgan fingerprint density at radius 2 is 1.92 bits per heavy atom. The van der Waals surface area contributed by atoms with Crippen molar-refractivity contribution in [3.05, 3.63) is 112 Å². The van der Waals surface area contributed by atoms with Gasteiger partial charge in [0.1, 0.15) is 12.2 Å². The molecule has 0 aliphatic rings. The third kappa shape index (κ3) is 5.35. The van der Waals surface area contributed by atoms with Crippen molar-refractivity contribution < 1.29 is 13.9 Å². The van der Waals surface area contributed by atoms with Crippen molar-refractivity contribution in [1.29, 1.82) is 0 Å². The first-order valence-electron chi connectivity index (χ1n) is 12.4. The van der Waals surface area contributed by atoms with Gasteiger partial charge in [0.25, 0.3) is 5.56 Å². The Hall–Kier alpha value is -4.62. The van der Waals surface area contributed by atoms with Crippen LogP contribution in [0, 0.1) is 0 Å². The van der Waals surface area contributed by atoms with Gasteiger partial charge in [-0.25, -0.2) is 4.98 Å². The van der Waals surface area contributed by atoms with Crippen molar-refractivity contribution in [3.63, 3.8) is 0 Å². The van der Waals surface area contributed by atoms with E-state index in [1.165, 1.54) is 4.68 Å². The largest absolute Gasteiger partial charge is 0.490 e. The van der Waals surface area contributed by atoms with Crippen LogP contribution in [0.3, 0.4) is 0 Å². The fourth-order valence-corrected chi connectivity index (χ4v) is 4.45. The third-order valence-corrected chi connectivity index (χ3v) is 6.17. The van der Waals surface area contributed by atoms with E-state index in [0.29, 0.717) is 64.0 Å². The maximum Gasteiger partial charge on any atom is 0.282 e. The van der Waals surface area contributed by atoms with Crippen LogP contribution in [0.15, 0.2) is 100 Å². The summed E-state index contributed by atoms with van der Waals surface area (Å²) in [4.78, 5) is 18.3. The molecule has 0 aliphatic carbocycles. The quantitative estimate of drug-likeness (QED) is 0.140. The van der Waals surface area contributed by atoms with Crippen LogP contribution in [0.2, 0.25) is 5.02 Å². The van der Waals surface area contributed by atoms with E-state index in [1.54, 1.807) is 60.8 Å². The fourth-order valence-electron chi connectivity index (χ4n) is 4.27. The average Bonchev–Trinajstić information content (AvgIpc) is 3.35. The predicted molar refractivity (Wildman–Crippen MR) is 156 cm³/mol. The van der Waals surface area contributed by atoms with Gasteiger partial charge < -0.3 is 13.9 Å². The van der Waals surface area contributed by atoms with Crippen molar-refractivity contribution in [2.45, 2.75) is 13.3 Å². The Bertz CT molecular complexity index is 1780. The monoisotopic (exact) mass is 539 g/mol. The van der Waals surface area contributed by atoms with Crippen molar-refractivity contribution in [2.75, 3.05) is 13.2 Å². The van der Waals surface area contributed by atoms with Crippen molar-refractivity contribution in [2.24, 2.45) is 5.10 Å². The number of allylic oxidation sites excluding steroid dienone is 1. The van der Waals surface area contributed by atoms with Gasteiger partial charge in [0, 0.05) is 16.0 Å². The van der Waals surface area contributed by atoms with E-state index in [9.17, 15) is 4.79 Å². The van der Waals surface area contributed by atoms with Gasteiger partial charge in [-0.2, -0.15) is 9.78 Å². The van der Waals surface area contributed by atoms with E-state index >= 15 is 0 Å². The Morgan fingerprint density at radius 1 is 1.08 bits per heavy atom. The van der Waals surface area contributed by atoms with Gasteiger partial charge in [-0.05, 0) is 67.4 Å². The third-order valence-electron chi connectivity index (χ3n) is 5.94. The fraction of sp³-hybridized carbons (Fsp3) is 0.129. The van der Waals surface area contributed by atoms with Crippen LogP contribution in [-0.2, 0) is 6.42 Å². The second-order valence-corrected chi connectivity index (χ2v) is 9.08. The number of hydrogen-bond donors (Lipinski definition) is 0. The molecule has 2 heterocycles. The average molecular weight is 540 g/mol. The maximum atomic E-state index is 13.6. The van der Waals surface area contributed by atoms with Crippen LogP contribution < -0.4 is 15.0 Å². The first kappa shape index (κ1) is 26.0. The number of furan rings is 1. The molecular formula is C31H26ClN3O4. The lowest BCUT2D eigenvalue weighted by Gasteiger charge is -2.16. The summed E-state index contributed by atoms with van der Waals surface area (Å²) in [5.74, 6) is 1.85. The number of para-hydroxylation sites is 1. The molecule has 0 unspecified atom stereocenters. The summed E-state index contributed by atoms with van der Waals surface area (Å²) in [5.41, 5.74) is 2.42. The van der Waals surface area contributed by atoms with Gasteiger partial charge in [0.15, 0.2) is 17.3 Å². The molecule has 0 bridgehead atoms. The minimum absolute atomic E-state index is 0.268. The highest BCUT2D eigenvalue weighted by Gasteiger charge is 2.17. The zero-order valence-electron chi connectivity index (χ0n) is 21.4. The summed E-state index contributed by atoms with van der Waals surface area (Å²) < 4.78 is 19.1. The van der Waals surface area contributed by atoms with Gasteiger partial charge in [-0.15, -0.1) is 6.58 Å². The van der Waals surface area contributed by atoms with E-state index in [0.717, 1.165) is 10.9 Å². The van der Waals surface area contributed by atoms with E-state index in [-0.39, 0.29) is 11.4 Å². The first-order chi connectivity index (χ1) is 19.0. The van der Waals surface area contributed by atoms with Gasteiger partial charge >= 0.3 is 0 Å². The number of hydrogen-bond acceptors (Lipinski definition) is 6. The molecule has 0 saturated carbocycles. The molecule has 0 aliphatic heterocycles. The summed E-state index contributed by atoms with van der Waals surface area (Å²) in [6.07, 6.45) is 5.61. The summed E-state index contributed by atoms with van der Waals surface area (Å²) >= 11 is 6.17. The van der Waals surface area contributed by atoms with Gasteiger partial charge in [0.2, 0.25) is 5.82 Å². The van der Waals surface area contributed by atoms with Crippen LogP contribution in [0.1, 0.15) is 18.1 Å². The number of ether oxygens (including phenoxy) is 2. The van der Waals surface area contributed by atoms with Gasteiger partial charge in [-0.1, -0.05) is 42.5 Å². The van der Waals surface area contributed by atoms with Crippen molar-refractivity contribution in [3.8, 4) is 23.1 Å². The molecule has 2 aromatic heterocycles. The highest BCUT2D eigenvalue weighted by Crippen LogP contribution is 2.34. The second-order valence-electron chi connectivity index (χ2n) is 8.64. The normalized spacial score (nSPS) is 11.3. The van der Waals surface area contributed by atoms with Crippen LogP contribution >= 0.6 is 11.6 Å². The van der Waals surface area contributed by atoms with Crippen LogP contribution in [0.25, 0.3) is 33.5 Å². The molecule has 5 aromatic rings. The highest BCUT2D eigenvalue weighted by molar-refractivity contribution is 6.31. The van der Waals surface area contributed by atoms with Gasteiger partial charge in [0.05, 0.1) is 23.7 Å². The minimum atomic E-state index is -0.326. The van der Waals surface area contributed by atoms with Crippen LogP contribution in [0.5, 0.6) is 11.5 Å². The zero-order chi connectivity index (χ0) is 27.4. The lowest BCUT2D eigenvalue weighted by Crippen LogP contribution is -2.20. The number of aromatic nitrogens is 2. The molecule has 8 heteroatoms. The van der Waals surface area contributed by atoms with Gasteiger partial charge in [-0.3, -0.25) is 4.79 Å². The summed E-state index contributed by atoms with van der Waals surface area (Å²) in [7, 11) is 0. The standard InChI is InChI=1S/C31H26ClN3O4/c1-4-9-21-15-20(16-27(37-6-3)29(21)38-14-5-2)19-33-35-30(34-25-11-8-7-10-24(25)31(35)36)28-18-22-17-23(32)12-13-26(22)39-28/h4-5,7-8,10-13,15-19H,1-2,6,9,14H2,3H3. The van der Waals surface area contributed by atoms with Crippen LogP contribution in [0.4, 0.5) is 0 Å². The summed E-state index contributed by atoms with van der Waals surface area (Å²) in [6.45, 7) is 10.3. The number of fused-ring (bicyclic) bond motifs is 2. The molecule has 0 radical (unpaired) electrons. The lowest BCUT2D eigenvalue weighted by atomic mass is 10.1. The van der Waals surface area contributed by atoms with E-state index in [1.807, 2.05) is 25.1 Å². The SMILES string of the molecule is C=CCOc1c(CC=C)cc(C=Nn2c(-c3cc4cc(Cl)ccc4o3)nc3ccccc3c2=O)cc1OCC. The Kier molecular flexibility index (Phi) is 7.61. The molecule has 7 nitrogen and oxygen atoms in total. The summed E-state index contributed by atoms with van der Waals surface area (Å²) in [5, 5.41) is 6.39. The topological polar surface area (TPSA) is 78.9 Å². The molecule has 3 aromatic carbocycles. The number of benzene rings is 3. The minimum Gasteiger partial charge on any atom is -0.490 e. The van der Waals surface area contributed by atoms with Crippen LogP contribution in [-0.4, -0.2) is 29.1 Å². The molecule has 5 rings (SSSR count). The van der Waals surface area contributed by atoms with Crippen molar-refractivity contribution in [1.82, 2.24) is 9.66 Å². The summed E-state index contributed by atoms with van der Waals surface area (Å²) in [6, 6.07) is 18.0. The smallest absolute Gasteiger partial charge is 0.282 e. The number of rotatable bonds is 10. The Balaban J connectivity index is 1.67.